The van der Waals surface area contributed by atoms with E-state index in [0.29, 0.717) is 50.0 Å². The second kappa shape index (κ2) is 9.61. The average Bonchev–Trinajstić information content (AvgIpc) is 3.25. The van der Waals surface area contributed by atoms with Crippen LogP contribution in [0.5, 0.6) is 11.5 Å². The highest BCUT2D eigenvalue weighted by Crippen LogP contribution is 2.67. The summed E-state index contributed by atoms with van der Waals surface area (Å²) >= 11 is 0. The van der Waals surface area contributed by atoms with Gasteiger partial charge in [0.25, 0.3) is 0 Å². The SMILES string of the molecule is CC(=O)Oc1ccc2c3c1OC1C(N(C)C(=O)CCc4cccc(C)c4)CC[C@@]4(OC(C)=O)[C@@H](C2)N(C)CC[C@]314. The van der Waals surface area contributed by atoms with Crippen LogP contribution in [0, 0.1) is 6.92 Å². The second-order valence-electron chi connectivity index (χ2n) is 12.1. The molecule has 2 bridgehead atoms. The Balaban J connectivity index is 1.41. The lowest BCUT2D eigenvalue weighted by Gasteiger charge is -2.65. The lowest BCUT2D eigenvalue weighted by molar-refractivity contribution is -0.221. The summed E-state index contributed by atoms with van der Waals surface area (Å²) in [5, 5.41) is 0. The third kappa shape index (κ3) is 3.86. The number of piperidine rings is 1. The molecule has 1 amide bonds. The van der Waals surface area contributed by atoms with E-state index in [4.69, 9.17) is 14.2 Å². The number of hydrogen-bond donors (Lipinski definition) is 0. The summed E-state index contributed by atoms with van der Waals surface area (Å²) in [5.41, 5.74) is 2.99. The Morgan fingerprint density at radius 3 is 2.65 bits per heavy atom. The zero-order valence-corrected chi connectivity index (χ0v) is 24.0. The van der Waals surface area contributed by atoms with E-state index in [-0.39, 0.29) is 24.0 Å². The van der Waals surface area contributed by atoms with E-state index in [1.807, 2.05) is 30.1 Å². The van der Waals surface area contributed by atoms with Crippen molar-refractivity contribution in [1.82, 2.24) is 9.80 Å². The molecule has 5 atom stereocenters. The molecular weight excluding hydrogens is 508 g/mol. The normalized spacial score (nSPS) is 29.7. The van der Waals surface area contributed by atoms with Gasteiger partial charge in [0.05, 0.1) is 17.5 Å². The molecule has 2 heterocycles. The van der Waals surface area contributed by atoms with Crippen LogP contribution in [0.3, 0.4) is 0 Å². The van der Waals surface area contributed by atoms with E-state index in [9.17, 15) is 14.4 Å². The molecule has 1 saturated heterocycles. The summed E-state index contributed by atoms with van der Waals surface area (Å²) in [6.07, 6.45) is 3.31. The fraction of sp³-hybridized carbons (Fsp3) is 0.531. The van der Waals surface area contributed by atoms with Gasteiger partial charge in [-0.05, 0) is 69.8 Å². The van der Waals surface area contributed by atoms with Gasteiger partial charge in [-0.2, -0.15) is 0 Å². The number of carbonyl (C=O) groups is 3. The molecule has 0 radical (unpaired) electrons. The van der Waals surface area contributed by atoms with Gasteiger partial charge in [0.2, 0.25) is 5.91 Å². The molecule has 2 aliphatic carbocycles. The van der Waals surface area contributed by atoms with Crippen LogP contribution in [-0.4, -0.2) is 72.1 Å². The Morgan fingerprint density at radius 2 is 1.93 bits per heavy atom. The number of carbonyl (C=O) groups excluding carboxylic acids is 3. The van der Waals surface area contributed by atoms with Gasteiger partial charge in [-0.3, -0.25) is 19.3 Å². The van der Waals surface area contributed by atoms with Crippen molar-refractivity contribution in [3.63, 3.8) is 0 Å². The minimum atomic E-state index is -0.800. The zero-order chi connectivity index (χ0) is 28.4. The van der Waals surface area contributed by atoms with Crippen molar-refractivity contribution in [2.75, 3.05) is 20.6 Å². The summed E-state index contributed by atoms with van der Waals surface area (Å²) < 4.78 is 18.9. The van der Waals surface area contributed by atoms with E-state index in [1.165, 1.54) is 19.4 Å². The number of benzene rings is 2. The van der Waals surface area contributed by atoms with E-state index < -0.39 is 23.1 Å². The maximum Gasteiger partial charge on any atom is 0.308 e. The Bertz CT molecular complexity index is 1390. The Hall–Kier alpha value is -3.39. The van der Waals surface area contributed by atoms with Crippen molar-refractivity contribution < 1.29 is 28.6 Å². The van der Waals surface area contributed by atoms with Crippen LogP contribution < -0.4 is 9.47 Å². The molecule has 6 rings (SSSR count). The minimum absolute atomic E-state index is 0.0162. The van der Waals surface area contributed by atoms with Crippen LogP contribution in [-0.2, 0) is 37.4 Å². The van der Waals surface area contributed by atoms with Crippen molar-refractivity contribution >= 4 is 17.8 Å². The molecule has 4 aliphatic rings. The van der Waals surface area contributed by atoms with Crippen LogP contribution >= 0.6 is 0 Å². The molecule has 8 nitrogen and oxygen atoms in total. The average molecular weight is 547 g/mol. The third-order valence-corrected chi connectivity index (χ3v) is 9.82. The number of amides is 1. The fourth-order valence-corrected chi connectivity index (χ4v) is 8.26. The van der Waals surface area contributed by atoms with Gasteiger partial charge < -0.3 is 19.1 Å². The first-order valence-corrected chi connectivity index (χ1v) is 14.3. The fourth-order valence-electron chi connectivity index (χ4n) is 8.26. The lowest BCUT2D eigenvalue weighted by atomic mass is 9.48. The van der Waals surface area contributed by atoms with Crippen molar-refractivity contribution in [3.05, 3.63) is 58.7 Å². The van der Waals surface area contributed by atoms with Gasteiger partial charge in [-0.25, -0.2) is 0 Å². The van der Waals surface area contributed by atoms with Crippen LogP contribution in [0.1, 0.15) is 61.8 Å². The van der Waals surface area contributed by atoms with Gasteiger partial charge in [0.15, 0.2) is 11.5 Å². The maximum atomic E-state index is 13.6. The molecule has 2 unspecified atom stereocenters. The number of esters is 2. The van der Waals surface area contributed by atoms with Gasteiger partial charge in [0, 0.05) is 32.9 Å². The second-order valence-corrected chi connectivity index (χ2v) is 12.1. The van der Waals surface area contributed by atoms with E-state index in [1.54, 1.807) is 0 Å². The zero-order valence-electron chi connectivity index (χ0n) is 24.0. The van der Waals surface area contributed by atoms with E-state index in [2.05, 4.69) is 37.1 Å². The smallest absolute Gasteiger partial charge is 0.308 e. The molecule has 0 aromatic heterocycles. The predicted molar refractivity (Wildman–Crippen MR) is 148 cm³/mol. The molecule has 0 N–H and O–H groups in total. The van der Waals surface area contributed by atoms with Crippen LogP contribution in [0.4, 0.5) is 0 Å². The molecule has 8 heteroatoms. The molecule has 1 saturated carbocycles. The number of likely N-dealkylation sites (tertiary alicyclic amines) is 1. The molecule has 2 fully saturated rings. The minimum Gasteiger partial charge on any atom is -0.483 e. The van der Waals surface area contributed by atoms with Crippen LogP contribution in [0.25, 0.3) is 0 Å². The maximum absolute atomic E-state index is 13.6. The van der Waals surface area contributed by atoms with Crippen molar-refractivity contribution in [2.24, 2.45) is 0 Å². The Morgan fingerprint density at radius 1 is 1.12 bits per heavy atom. The van der Waals surface area contributed by atoms with Crippen molar-refractivity contribution in [3.8, 4) is 11.5 Å². The number of ether oxygens (including phenoxy) is 3. The molecule has 2 aromatic carbocycles. The van der Waals surface area contributed by atoms with Crippen LogP contribution in [0.15, 0.2) is 36.4 Å². The van der Waals surface area contributed by atoms with Gasteiger partial charge in [0.1, 0.15) is 11.7 Å². The van der Waals surface area contributed by atoms with Gasteiger partial charge in [-0.15, -0.1) is 0 Å². The van der Waals surface area contributed by atoms with Gasteiger partial charge >= 0.3 is 11.9 Å². The quantitative estimate of drug-likeness (QED) is 0.403. The lowest BCUT2D eigenvalue weighted by Crippen LogP contribution is -2.78. The molecule has 2 aliphatic heterocycles. The number of hydrogen-bond acceptors (Lipinski definition) is 7. The largest absolute Gasteiger partial charge is 0.483 e. The van der Waals surface area contributed by atoms with E-state index >= 15 is 0 Å². The number of rotatable bonds is 6. The Labute approximate surface area is 235 Å². The van der Waals surface area contributed by atoms with Crippen molar-refractivity contribution in [1.29, 1.82) is 0 Å². The predicted octanol–water partition coefficient (Wildman–Crippen LogP) is 3.73. The third-order valence-electron chi connectivity index (χ3n) is 9.82. The number of likely N-dealkylation sites (N-methyl/N-ethyl adjacent to an activating group) is 2. The molecule has 40 heavy (non-hydrogen) atoms. The van der Waals surface area contributed by atoms with Crippen LogP contribution in [0.2, 0.25) is 0 Å². The first-order chi connectivity index (χ1) is 19.1. The summed E-state index contributed by atoms with van der Waals surface area (Å²) in [5.74, 6) is 0.271. The first kappa shape index (κ1) is 26.8. The first-order valence-electron chi connectivity index (χ1n) is 14.3. The highest BCUT2D eigenvalue weighted by atomic mass is 16.6. The van der Waals surface area contributed by atoms with Crippen molar-refractivity contribution in [2.45, 2.75) is 88.5 Å². The summed E-state index contributed by atoms with van der Waals surface area (Å²) in [6.45, 7) is 5.72. The summed E-state index contributed by atoms with van der Waals surface area (Å²) in [4.78, 5) is 42.5. The standard InChI is InChI=1S/C32H38N2O6/c1-19-7-6-8-22(17-19)9-12-27(37)34(5)24-13-14-32(40-21(3)36)26-18-23-10-11-25(38-20(2)35)29-28(23)31(32,30(24)39-29)15-16-33(26)4/h6-8,10-11,17,24,26,30H,9,12-16,18H2,1-5H3/t24?,26-,30?,31+,32-/m1/s1. The highest BCUT2D eigenvalue weighted by Gasteiger charge is 2.75. The van der Waals surface area contributed by atoms with Gasteiger partial charge in [-0.1, -0.05) is 35.9 Å². The summed E-state index contributed by atoms with van der Waals surface area (Å²) in [7, 11) is 3.97. The number of nitrogens with zero attached hydrogens (tertiary/aromatic N) is 2. The monoisotopic (exact) mass is 546 g/mol. The highest BCUT2D eigenvalue weighted by molar-refractivity contribution is 5.77. The topological polar surface area (TPSA) is 85.4 Å². The van der Waals surface area contributed by atoms with E-state index in [0.717, 1.165) is 23.2 Å². The Kier molecular flexibility index (Phi) is 6.44. The molecular formula is C32H38N2O6. The molecule has 1 spiro atoms. The molecule has 212 valence electrons. The molecule has 2 aromatic rings. The number of aryl methyl sites for hydroxylation is 2. The summed E-state index contributed by atoms with van der Waals surface area (Å²) in [6, 6.07) is 11.9.